The molecule has 0 aromatic heterocycles. The molecule has 0 unspecified atom stereocenters. The number of anilines is 1. The van der Waals surface area contributed by atoms with Crippen molar-refractivity contribution in [3.63, 3.8) is 0 Å². The number of nitro groups is 2. The number of rotatable bonds is 4. The van der Waals surface area contributed by atoms with Crippen LogP contribution in [0.25, 0.3) is 0 Å². The van der Waals surface area contributed by atoms with Crippen molar-refractivity contribution in [3.8, 4) is 0 Å². The van der Waals surface area contributed by atoms with E-state index in [0.717, 1.165) is 44.3 Å². The van der Waals surface area contributed by atoms with Crippen LogP contribution in [-0.4, -0.2) is 40.1 Å². The highest BCUT2D eigenvalue weighted by Crippen LogP contribution is 2.30. The molecule has 0 atom stereocenters. The Hall–Kier alpha value is -2.55. The number of hydrogen-bond acceptors (Lipinski definition) is 7. The number of nitrogens with zero attached hydrogens (tertiary/aromatic N) is 4. The van der Waals surface area contributed by atoms with E-state index in [4.69, 9.17) is 0 Å². The molecule has 22 heavy (non-hydrogen) atoms. The van der Waals surface area contributed by atoms with Crippen molar-refractivity contribution in [2.45, 2.75) is 12.8 Å². The Labute approximate surface area is 125 Å². The van der Waals surface area contributed by atoms with Crippen molar-refractivity contribution in [1.29, 1.82) is 0 Å². The second-order valence-electron chi connectivity index (χ2n) is 5.48. The van der Waals surface area contributed by atoms with Crippen LogP contribution in [0.3, 0.4) is 0 Å². The van der Waals surface area contributed by atoms with Crippen LogP contribution >= 0.6 is 0 Å². The Morgan fingerprint density at radius 3 is 2.45 bits per heavy atom. The van der Waals surface area contributed by atoms with Gasteiger partial charge in [-0.05, 0) is 32.0 Å². The summed E-state index contributed by atoms with van der Waals surface area (Å²) >= 11 is 0. The molecule has 2 bridgehead atoms. The molecule has 1 aromatic rings. The summed E-state index contributed by atoms with van der Waals surface area (Å²) in [5.41, 5.74) is 3.21. The van der Waals surface area contributed by atoms with Gasteiger partial charge in [0.15, 0.2) is 0 Å². The highest BCUT2D eigenvalue weighted by atomic mass is 16.6. The largest absolute Gasteiger partial charge is 0.301 e. The first-order valence-electron chi connectivity index (χ1n) is 7.02. The predicted octanol–water partition coefficient (Wildman–Crippen LogP) is 2.00. The van der Waals surface area contributed by atoms with Crippen molar-refractivity contribution in [3.05, 3.63) is 38.4 Å². The Morgan fingerprint density at radius 1 is 1.18 bits per heavy atom. The number of benzene rings is 1. The predicted molar refractivity (Wildman–Crippen MR) is 80.0 cm³/mol. The van der Waals surface area contributed by atoms with Crippen LogP contribution in [0.2, 0.25) is 0 Å². The minimum absolute atomic E-state index is 0.166. The lowest BCUT2D eigenvalue weighted by Crippen LogP contribution is -2.48. The van der Waals surface area contributed by atoms with Crippen LogP contribution in [0.5, 0.6) is 0 Å². The normalized spacial score (nSPS) is 25.2. The highest BCUT2D eigenvalue weighted by Gasteiger charge is 2.31. The molecule has 0 radical (unpaired) electrons. The van der Waals surface area contributed by atoms with E-state index in [1.54, 1.807) is 0 Å². The first-order valence-corrected chi connectivity index (χ1v) is 7.02. The van der Waals surface area contributed by atoms with Crippen molar-refractivity contribution >= 4 is 22.8 Å². The van der Waals surface area contributed by atoms with Gasteiger partial charge < -0.3 is 0 Å². The third kappa shape index (κ3) is 2.75. The number of hydrazone groups is 1. The smallest absolute Gasteiger partial charge is 0.298 e. The number of fused-ring (bicyclic) bond motifs is 3. The maximum Gasteiger partial charge on any atom is 0.301 e. The summed E-state index contributed by atoms with van der Waals surface area (Å²) in [6.07, 6.45) is 2.12. The molecule has 3 fully saturated rings. The third-order valence-corrected chi connectivity index (χ3v) is 4.15. The van der Waals surface area contributed by atoms with Crippen molar-refractivity contribution < 1.29 is 9.85 Å². The Kier molecular flexibility index (Phi) is 3.72. The van der Waals surface area contributed by atoms with Gasteiger partial charge in [0, 0.05) is 18.5 Å². The van der Waals surface area contributed by atoms with Crippen LogP contribution in [0.1, 0.15) is 12.8 Å². The van der Waals surface area contributed by atoms with E-state index in [2.05, 4.69) is 15.4 Å². The van der Waals surface area contributed by atoms with Crippen LogP contribution in [0, 0.1) is 26.1 Å². The molecule has 1 N–H and O–H groups in total. The zero-order chi connectivity index (χ0) is 15.7. The minimum Gasteiger partial charge on any atom is -0.298 e. The Bertz CT molecular complexity index is 652. The fraction of sp³-hybridized carbons (Fsp3) is 0.462. The van der Waals surface area contributed by atoms with E-state index in [0.29, 0.717) is 5.92 Å². The summed E-state index contributed by atoms with van der Waals surface area (Å²) in [6.45, 7) is 2.92. The van der Waals surface area contributed by atoms with Crippen LogP contribution < -0.4 is 5.43 Å². The summed E-state index contributed by atoms with van der Waals surface area (Å²) < 4.78 is 0. The molecule has 116 valence electrons. The third-order valence-electron chi connectivity index (χ3n) is 4.15. The summed E-state index contributed by atoms with van der Waals surface area (Å²) in [7, 11) is 0. The monoisotopic (exact) mass is 305 g/mol. The van der Waals surface area contributed by atoms with E-state index in [-0.39, 0.29) is 17.1 Å². The second kappa shape index (κ2) is 5.68. The van der Waals surface area contributed by atoms with Gasteiger partial charge >= 0.3 is 5.69 Å². The maximum absolute atomic E-state index is 11.1. The molecule has 0 spiro atoms. The molecule has 1 aromatic carbocycles. The molecular weight excluding hydrogens is 290 g/mol. The molecule has 3 heterocycles. The number of piperidine rings is 3. The molecule has 4 rings (SSSR count). The highest BCUT2D eigenvalue weighted by molar-refractivity contribution is 5.90. The van der Waals surface area contributed by atoms with Gasteiger partial charge in [-0.3, -0.25) is 30.6 Å². The van der Waals surface area contributed by atoms with Crippen LogP contribution in [0.4, 0.5) is 17.1 Å². The van der Waals surface area contributed by atoms with Gasteiger partial charge in [0.25, 0.3) is 5.69 Å². The molecule has 0 amide bonds. The van der Waals surface area contributed by atoms with Crippen molar-refractivity contribution in [2.24, 2.45) is 11.0 Å². The number of hydrogen-bond donors (Lipinski definition) is 1. The fourth-order valence-corrected chi connectivity index (χ4v) is 2.92. The van der Waals surface area contributed by atoms with Gasteiger partial charge in [0.2, 0.25) is 0 Å². The summed E-state index contributed by atoms with van der Waals surface area (Å²) in [6, 6.07) is 3.49. The van der Waals surface area contributed by atoms with Gasteiger partial charge in [-0.2, -0.15) is 5.10 Å². The second-order valence-corrected chi connectivity index (χ2v) is 5.48. The van der Waals surface area contributed by atoms with Crippen LogP contribution in [0.15, 0.2) is 23.3 Å². The topological polar surface area (TPSA) is 114 Å². The number of nitro benzene ring substituents is 2. The lowest BCUT2D eigenvalue weighted by Gasteiger charge is -2.39. The van der Waals surface area contributed by atoms with Gasteiger partial charge in [0.05, 0.1) is 21.6 Å². The molecule has 9 nitrogen and oxygen atoms in total. The lowest BCUT2D eigenvalue weighted by atomic mass is 9.87. The Morgan fingerprint density at radius 2 is 1.91 bits per heavy atom. The van der Waals surface area contributed by atoms with E-state index < -0.39 is 9.85 Å². The van der Waals surface area contributed by atoms with Gasteiger partial charge in [-0.15, -0.1) is 0 Å². The zero-order valence-electron chi connectivity index (χ0n) is 11.8. The standard InChI is InChI=1S/C13H15N5O4/c19-17(20)10-1-2-11(13(7-10)18(21)22)14-15-12-8-16-5-3-9(12)4-6-16/h1-2,7,9,14H,3-6,8H2/b15-12-. The zero-order valence-corrected chi connectivity index (χ0v) is 11.8. The van der Waals surface area contributed by atoms with E-state index in [9.17, 15) is 20.2 Å². The van der Waals surface area contributed by atoms with E-state index in [1.807, 2.05) is 0 Å². The number of nitrogens with one attached hydrogen (secondary N) is 1. The summed E-state index contributed by atoms with van der Waals surface area (Å²) in [5.74, 6) is 0.426. The van der Waals surface area contributed by atoms with Gasteiger partial charge in [0.1, 0.15) is 5.69 Å². The average Bonchev–Trinajstić information content (AvgIpc) is 2.53. The molecule has 0 aliphatic carbocycles. The van der Waals surface area contributed by atoms with Crippen molar-refractivity contribution in [2.75, 3.05) is 25.1 Å². The Balaban J connectivity index is 1.83. The van der Waals surface area contributed by atoms with E-state index >= 15 is 0 Å². The molecule has 3 saturated heterocycles. The molecule has 0 saturated carbocycles. The fourth-order valence-electron chi connectivity index (χ4n) is 2.92. The molecular formula is C13H15N5O4. The molecule has 3 aliphatic heterocycles. The summed E-state index contributed by atoms with van der Waals surface area (Å²) in [5, 5.41) is 26.1. The quantitative estimate of drug-likeness (QED) is 0.672. The van der Waals surface area contributed by atoms with Gasteiger partial charge in [-0.25, -0.2) is 0 Å². The summed E-state index contributed by atoms with van der Waals surface area (Å²) in [4.78, 5) is 22.8. The van der Waals surface area contributed by atoms with E-state index in [1.165, 1.54) is 12.1 Å². The SMILES string of the molecule is O=[N+]([O-])c1ccc(N/N=C2/CN3CCC2CC3)c([N+](=O)[O-])c1. The first kappa shape index (κ1) is 14.4. The number of non-ortho nitro benzene ring substituents is 1. The molecule has 9 heteroatoms. The van der Waals surface area contributed by atoms with Gasteiger partial charge in [-0.1, -0.05) is 0 Å². The van der Waals surface area contributed by atoms with Crippen LogP contribution in [-0.2, 0) is 0 Å². The average molecular weight is 305 g/mol. The van der Waals surface area contributed by atoms with Crippen molar-refractivity contribution in [1.82, 2.24) is 4.90 Å². The minimum atomic E-state index is -0.657. The maximum atomic E-state index is 11.1. The lowest BCUT2D eigenvalue weighted by molar-refractivity contribution is -0.393. The first-order chi connectivity index (χ1) is 10.5. The molecule has 3 aliphatic rings.